The summed E-state index contributed by atoms with van der Waals surface area (Å²) < 4.78 is 0. The van der Waals surface area contributed by atoms with E-state index < -0.39 is 5.97 Å². The second-order valence-corrected chi connectivity index (χ2v) is 5.00. The van der Waals surface area contributed by atoms with Gasteiger partial charge in [0.05, 0.1) is 0 Å². The maximum Gasteiger partial charge on any atom is 0.322 e. The summed E-state index contributed by atoms with van der Waals surface area (Å²) in [6, 6.07) is 13.8. The fourth-order valence-corrected chi connectivity index (χ4v) is 2.11. The van der Waals surface area contributed by atoms with Crippen molar-refractivity contribution in [3.63, 3.8) is 0 Å². The van der Waals surface area contributed by atoms with E-state index in [-0.39, 0.29) is 6.54 Å². The fraction of sp³-hybridized carbons (Fsp3) is 0.176. The molecule has 0 amide bonds. The minimum absolute atomic E-state index is 0.169. The molecule has 4 nitrogen and oxygen atoms in total. The summed E-state index contributed by atoms with van der Waals surface area (Å²) in [7, 11) is 0. The number of nitrogens with one attached hydrogen (secondary N) is 2. The highest BCUT2D eigenvalue weighted by atomic mass is 16.4. The van der Waals surface area contributed by atoms with Gasteiger partial charge in [0.25, 0.3) is 0 Å². The zero-order chi connectivity index (χ0) is 15.4. The normalized spacial score (nSPS) is 10.2. The molecule has 0 heterocycles. The highest BCUT2D eigenvalue weighted by Crippen LogP contribution is 2.26. The first-order chi connectivity index (χ1) is 9.97. The van der Waals surface area contributed by atoms with Crippen LogP contribution in [0.1, 0.15) is 18.1 Å². The molecule has 4 heteroatoms. The van der Waals surface area contributed by atoms with Crippen LogP contribution in [-0.2, 0) is 4.79 Å². The maximum atomic E-state index is 10.7. The number of carbonyl (C=O) groups is 1. The molecule has 0 unspecified atom stereocenters. The van der Waals surface area contributed by atoms with Gasteiger partial charge in [0.2, 0.25) is 0 Å². The van der Waals surface area contributed by atoms with E-state index in [0.29, 0.717) is 17.0 Å². The summed E-state index contributed by atoms with van der Waals surface area (Å²) in [5.41, 5.74) is 5.03. The first-order valence-electron chi connectivity index (χ1n) is 6.69. The average Bonchev–Trinajstić information content (AvgIpc) is 2.45. The van der Waals surface area contributed by atoms with Crippen LogP contribution in [0.5, 0.6) is 0 Å². The standard InChI is InChI=1S/C17H18N2O2/c1-11-3-5-13(6-4-11)14-7-8-15(12(2)18)16(9-14)19-10-17(20)21/h3-9,18-19H,10H2,1-2H3,(H,20,21). The van der Waals surface area contributed by atoms with Gasteiger partial charge in [-0.15, -0.1) is 0 Å². The summed E-state index contributed by atoms with van der Waals surface area (Å²) in [4.78, 5) is 10.7. The molecule has 0 fully saturated rings. The van der Waals surface area contributed by atoms with Gasteiger partial charge in [-0.1, -0.05) is 42.0 Å². The van der Waals surface area contributed by atoms with Crippen LogP contribution in [0.2, 0.25) is 0 Å². The molecule has 2 aromatic carbocycles. The molecular weight excluding hydrogens is 264 g/mol. The second-order valence-electron chi connectivity index (χ2n) is 5.00. The Hall–Kier alpha value is -2.62. The van der Waals surface area contributed by atoms with Gasteiger partial charge in [-0.25, -0.2) is 0 Å². The molecule has 3 N–H and O–H groups in total. The van der Waals surface area contributed by atoms with E-state index in [1.54, 1.807) is 6.92 Å². The summed E-state index contributed by atoms with van der Waals surface area (Å²) >= 11 is 0. The molecule has 0 saturated heterocycles. The molecule has 2 aromatic rings. The van der Waals surface area contributed by atoms with Gasteiger partial charge in [0.15, 0.2) is 0 Å². The van der Waals surface area contributed by atoms with Crippen LogP contribution in [0.4, 0.5) is 5.69 Å². The van der Waals surface area contributed by atoms with Crippen LogP contribution < -0.4 is 5.32 Å². The number of carboxylic acids is 1. The van der Waals surface area contributed by atoms with Gasteiger partial charge in [-0.05, 0) is 31.0 Å². The average molecular weight is 282 g/mol. The summed E-state index contributed by atoms with van der Waals surface area (Å²) in [5, 5.41) is 19.5. The van der Waals surface area contributed by atoms with Crippen molar-refractivity contribution in [3.8, 4) is 11.1 Å². The van der Waals surface area contributed by atoms with E-state index in [2.05, 4.69) is 5.32 Å². The first kappa shape index (κ1) is 14.8. The molecule has 0 atom stereocenters. The van der Waals surface area contributed by atoms with Gasteiger partial charge < -0.3 is 15.8 Å². The van der Waals surface area contributed by atoms with Gasteiger partial charge in [0.1, 0.15) is 6.54 Å². The number of hydrogen-bond donors (Lipinski definition) is 3. The van der Waals surface area contributed by atoms with Crippen molar-refractivity contribution in [2.45, 2.75) is 13.8 Å². The highest BCUT2D eigenvalue weighted by Gasteiger charge is 2.08. The Bertz CT molecular complexity index is 676. The van der Waals surface area contributed by atoms with Crippen molar-refractivity contribution in [1.29, 1.82) is 5.41 Å². The molecular formula is C17H18N2O2. The van der Waals surface area contributed by atoms with Crippen molar-refractivity contribution >= 4 is 17.4 Å². The van der Waals surface area contributed by atoms with Crippen LogP contribution in [0.15, 0.2) is 42.5 Å². The lowest BCUT2D eigenvalue weighted by atomic mass is 9.99. The van der Waals surface area contributed by atoms with Crippen LogP contribution in [0, 0.1) is 12.3 Å². The number of rotatable bonds is 5. The molecule has 2 rings (SSSR count). The smallest absolute Gasteiger partial charge is 0.322 e. The zero-order valence-electron chi connectivity index (χ0n) is 12.1. The van der Waals surface area contributed by atoms with Gasteiger partial charge in [0, 0.05) is 17.0 Å². The van der Waals surface area contributed by atoms with E-state index in [9.17, 15) is 4.79 Å². The lowest BCUT2D eigenvalue weighted by Gasteiger charge is -2.12. The van der Waals surface area contributed by atoms with Crippen molar-refractivity contribution in [2.75, 3.05) is 11.9 Å². The van der Waals surface area contributed by atoms with Crippen molar-refractivity contribution in [1.82, 2.24) is 0 Å². The molecule has 0 aliphatic heterocycles. The Morgan fingerprint density at radius 3 is 2.33 bits per heavy atom. The van der Waals surface area contributed by atoms with Crippen LogP contribution in [-0.4, -0.2) is 23.3 Å². The van der Waals surface area contributed by atoms with E-state index in [1.165, 1.54) is 5.56 Å². The van der Waals surface area contributed by atoms with Crippen LogP contribution in [0.3, 0.4) is 0 Å². The van der Waals surface area contributed by atoms with Gasteiger partial charge in [-0.2, -0.15) is 0 Å². The molecule has 0 spiro atoms. The fourth-order valence-electron chi connectivity index (χ4n) is 2.11. The zero-order valence-corrected chi connectivity index (χ0v) is 12.1. The van der Waals surface area contributed by atoms with E-state index >= 15 is 0 Å². The third kappa shape index (κ3) is 3.69. The molecule has 0 aliphatic carbocycles. The van der Waals surface area contributed by atoms with Gasteiger partial charge >= 0.3 is 5.97 Å². The maximum absolute atomic E-state index is 10.7. The number of carboxylic acid groups (broad SMARTS) is 1. The predicted octanol–water partition coefficient (Wildman–Crippen LogP) is 3.55. The monoisotopic (exact) mass is 282 g/mol. The lowest BCUT2D eigenvalue weighted by molar-refractivity contribution is -0.134. The third-order valence-corrected chi connectivity index (χ3v) is 3.24. The lowest BCUT2D eigenvalue weighted by Crippen LogP contribution is -2.14. The molecule has 0 bridgehead atoms. The second kappa shape index (κ2) is 6.22. The quantitative estimate of drug-likeness (QED) is 0.734. The molecule has 21 heavy (non-hydrogen) atoms. The minimum atomic E-state index is -0.927. The van der Waals surface area contributed by atoms with Crippen LogP contribution >= 0.6 is 0 Å². The Morgan fingerprint density at radius 2 is 1.76 bits per heavy atom. The largest absolute Gasteiger partial charge is 0.480 e. The van der Waals surface area contributed by atoms with Crippen molar-refractivity contribution in [3.05, 3.63) is 53.6 Å². The van der Waals surface area contributed by atoms with Crippen molar-refractivity contribution in [2.24, 2.45) is 0 Å². The number of anilines is 1. The van der Waals surface area contributed by atoms with E-state index in [0.717, 1.165) is 11.1 Å². The number of benzene rings is 2. The Balaban J connectivity index is 2.40. The molecule has 0 saturated carbocycles. The Labute approximate surface area is 124 Å². The first-order valence-corrected chi connectivity index (χ1v) is 6.69. The van der Waals surface area contributed by atoms with Crippen LogP contribution in [0.25, 0.3) is 11.1 Å². The minimum Gasteiger partial charge on any atom is -0.480 e. The molecule has 0 aromatic heterocycles. The molecule has 0 radical (unpaired) electrons. The topological polar surface area (TPSA) is 73.2 Å². The predicted molar refractivity (Wildman–Crippen MR) is 85.2 cm³/mol. The van der Waals surface area contributed by atoms with E-state index in [4.69, 9.17) is 10.5 Å². The van der Waals surface area contributed by atoms with E-state index in [1.807, 2.05) is 49.4 Å². The molecule has 0 aliphatic rings. The van der Waals surface area contributed by atoms with Gasteiger partial charge in [-0.3, -0.25) is 4.79 Å². The summed E-state index contributed by atoms with van der Waals surface area (Å²) in [5.74, 6) is -0.927. The summed E-state index contributed by atoms with van der Waals surface area (Å²) in [6.45, 7) is 3.55. The number of aryl methyl sites for hydroxylation is 1. The Morgan fingerprint density at radius 1 is 1.14 bits per heavy atom. The SMILES string of the molecule is CC(=N)c1ccc(-c2ccc(C)cc2)cc1NCC(=O)O. The Kier molecular flexibility index (Phi) is 4.38. The van der Waals surface area contributed by atoms with Crippen molar-refractivity contribution < 1.29 is 9.90 Å². The molecule has 108 valence electrons. The number of aliphatic carboxylic acids is 1. The highest BCUT2D eigenvalue weighted by molar-refractivity contribution is 6.02. The number of hydrogen-bond acceptors (Lipinski definition) is 3. The third-order valence-electron chi connectivity index (χ3n) is 3.24. The summed E-state index contributed by atoms with van der Waals surface area (Å²) in [6.07, 6.45) is 0.